The summed E-state index contributed by atoms with van der Waals surface area (Å²) in [5.74, 6) is -0.614. The minimum atomic E-state index is -0.614. The van der Waals surface area contributed by atoms with Gasteiger partial charge in [0.25, 0.3) is 5.91 Å². The summed E-state index contributed by atoms with van der Waals surface area (Å²) in [4.78, 5) is 15.1. The second kappa shape index (κ2) is 5.27. The first kappa shape index (κ1) is 11.4. The van der Waals surface area contributed by atoms with Crippen LogP contribution in [0.2, 0.25) is 0 Å². The summed E-state index contributed by atoms with van der Waals surface area (Å²) in [6.45, 7) is -0.110. The molecule has 0 atom stereocenters. The maximum absolute atomic E-state index is 11.4. The predicted octanol–water partition coefficient (Wildman–Crippen LogP) is -0.988. The van der Waals surface area contributed by atoms with Crippen LogP contribution in [0, 0.1) is 0 Å². The lowest BCUT2D eigenvalue weighted by molar-refractivity contribution is -0.115. The molecule has 0 unspecified atom stereocenters. The second-order valence-electron chi connectivity index (χ2n) is 2.50. The number of hydrogen-bond donors (Lipinski definition) is 4. The molecule has 0 aliphatic heterocycles. The molecule has 0 fully saturated rings. The van der Waals surface area contributed by atoms with E-state index in [-0.39, 0.29) is 29.7 Å². The first-order valence-electron chi connectivity index (χ1n) is 4.01. The Morgan fingerprint density at radius 2 is 2.47 bits per heavy atom. The number of hydrogen-bond acceptors (Lipinski definition) is 7. The normalized spacial score (nSPS) is 11.4. The van der Waals surface area contributed by atoms with Crippen LogP contribution < -0.4 is 11.1 Å². The van der Waals surface area contributed by atoms with E-state index in [4.69, 9.17) is 16.0 Å². The van der Waals surface area contributed by atoms with Gasteiger partial charge in [-0.25, -0.2) is 4.98 Å². The monoisotopic (exact) mass is 230 g/mol. The van der Waals surface area contributed by atoms with Crippen LogP contribution in [0.25, 0.3) is 0 Å². The molecule has 1 heterocycles. The smallest absolute Gasteiger partial charge is 0.275 e. The molecule has 1 aromatic rings. The number of thiazole rings is 1. The Balaban J connectivity index is 2.77. The molecule has 0 spiro atoms. The number of amides is 1. The Hall–Kier alpha value is -1.67. The molecule has 0 radical (unpaired) electrons. The first-order valence-corrected chi connectivity index (χ1v) is 4.89. The minimum absolute atomic E-state index is 0.0808. The Kier molecular flexibility index (Phi) is 4.01. The van der Waals surface area contributed by atoms with Crippen LogP contribution in [0.5, 0.6) is 0 Å². The number of aromatic nitrogens is 1. The van der Waals surface area contributed by atoms with Gasteiger partial charge in [0, 0.05) is 11.9 Å². The van der Waals surface area contributed by atoms with Crippen molar-refractivity contribution >= 4 is 28.1 Å². The third kappa shape index (κ3) is 2.89. The largest absolute Gasteiger partial charge is 0.410 e. The minimum Gasteiger partial charge on any atom is -0.410 e. The highest BCUT2D eigenvalue weighted by molar-refractivity contribution is 7.13. The number of nitrogen functional groups attached to an aromatic ring is 1. The fourth-order valence-electron chi connectivity index (χ4n) is 0.862. The van der Waals surface area contributed by atoms with E-state index < -0.39 is 5.91 Å². The van der Waals surface area contributed by atoms with E-state index in [1.807, 2.05) is 0 Å². The molecule has 8 heteroatoms. The summed E-state index contributed by atoms with van der Waals surface area (Å²) in [5.41, 5.74) is 5.35. The van der Waals surface area contributed by atoms with E-state index in [0.29, 0.717) is 0 Å². The Labute approximate surface area is 89.2 Å². The van der Waals surface area contributed by atoms with Crippen molar-refractivity contribution in [2.24, 2.45) is 5.16 Å². The maximum atomic E-state index is 11.4. The summed E-state index contributed by atoms with van der Waals surface area (Å²) < 4.78 is 0. The van der Waals surface area contributed by atoms with Gasteiger partial charge < -0.3 is 21.4 Å². The number of anilines is 1. The molecule has 1 amide bonds. The summed E-state index contributed by atoms with van der Waals surface area (Å²) >= 11 is 1.13. The molecule has 0 saturated carbocycles. The predicted molar refractivity (Wildman–Crippen MR) is 54.9 cm³/mol. The molecule has 1 aromatic heterocycles. The number of aliphatic hydroxyl groups is 1. The van der Waals surface area contributed by atoms with Crippen LogP contribution in [0.1, 0.15) is 5.69 Å². The van der Waals surface area contributed by atoms with Crippen LogP contribution >= 0.6 is 11.3 Å². The number of nitrogens with one attached hydrogen (secondary N) is 1. The molecule has 0 saturated heterocycles. The van der Waals surface area contributed by atoms with Crippen molar-refractivity contribution in [3.8, 4) is 0 Å². The molecule has 0 bridgehead atoms. The fraction of sp³-hybridized carbons (Fsp3) is 0.286. The SMILES string of the molecule is Nc1nc(C(=NO)C(=O)NCCO)cs1. The molecular formula is C7H10N4O3S. The van der Waals surface area contributed by atoms with Gasteiger partial charge in [0.05, 0.1) is 6.61 Å². The van der Waals surface area contributed by atoms with E-state index in [9.17, 15) is 4.79 Å². The lowest BCUT2D eigenvalue weighted by atomic mass is 10.3. The number of nitrogens with zero attached hydrogens (tertiary/aromatic N) is 2. The zero-order valence-electron chi connectivity index (χ0n) is 7.67. The summed E-state index contributed by atoms with van der Waals surface area (Å²) in [7, 11) is 0. The Morgan fingerprint density at radius 3 is 2.93 bits per heavy atom. The second-order valence-corrected chi connectivity index (χ2v) is 3.39. The molecule has 15 heavy (non-hydrogen) atoms. The summed E-state index contributed by atoms with van der Waals surface area (Å²) in [6.07, 6.45) is 0. The number of carbonyl (C=O) groups is 1. The van der Waals surface area contributed by atoms with Gasteiger partial charge in [-0.1, -0.05) is 5.16 Å². The molecular weight excluding hydrogens is 220 g/mol. The zero-order valence-corrected chi connectivity index (χ0v) is 8.49. The Morgan fingerprint density at radius 1 is 1.73 bits per heavy atom. The molecule has 1 rings (SSSR count). The highest BCUT2D eigenvalue weighted by Gasteiger charge is 2.16. The molecule has 7 nitrogen and oxygen atoms in total. The van der Waals surface area contributed by atoms with Gasteiger partial charge in [-0.2, -0.15) is 0 Å². The fourth-order valence-corrected chi connectivity index (χ4v) is 1.41. The average Bonchev–Trinajstić information content (AvgIpc) is 2.63. The Bertz CT molecular complexity index is 376. The van der Waals surface area contributed by atoms with Crippen molar-refractivity contribution in [2.75, 3.05) is 18.9 Å². The van der Waals surface area contributed by atoms with Crippen LogP contribution in [-0.4, -0.2) is 40.1 Å². The van der Waals surface area contributed by atoms with E-state index in [2.05, 4.69) is 15.5 Å². The third-order valence-electron chi connectivity index (χ3n) is 1.48. The molecule has 82 valence electrons. The van der Waals surface area contributed by atoms with Crippen molar-refractivity contribution in [3.05, 3.63) is 11.1 Å². The van der Waals surface area contributed by atoms with Gasteiger partial charge in [-0.3, -0.25) is 4.79 Å². The highest BCUT2D eigenvalue weighted by Crippen LogP contribution is 2.11. The number of nitrogens with two attached hydrogens (primary N) is 1. The lowest BCUT2D eigenvalue weighted by Crippen LogP contribution is -2.33. The van der Waals surface area contributed by atoms with Gasteiger partial charge in [0.1, 0.15) is 5.69 Å². The van der Waals surface area contributed by atoms with Gasteiger partial charge in [0.2, 0.25) is 0 Å². The molecule has 0 aliphatic rings. The van der Waals surface area contributed by atoms with Crippen molar-refractivity contribution < 1.29 is 15.1 Å². The van der Waals surface area contributed by atoms with Crippen LogP contribution in [0.4, 0.5) is 5.13 Å². The quantitative estimate of drug-likeness (QED) is 0.301. The standard InChI is InChI=1S/C7H10N4O3S/c8-7-10-4(3-15-7)5(11-14)6(13)9-1-2-12/h3,12,14H,1-2H2,(H2,8,10)(H,9,13). The third-order valence-corrected chi connectivity index (χ3v) is 2.15. The number of aliphatic hydroxyl groups excluding tert-OH is 1. The highest BCUT2D eigenvalue weighted by atomic mass is 32.1. The van der Waals surface area contributed by atoms with Gasteiger partial charge >= 0.3 is 0 Å². The van der Waals surface area contributed by atoms with E-state index in [0.717, 1.165) is 11.3 Å². The topological polar surface area (TPSA) is 121 Å². The average molecular weight is 230 g/mol. The van der Waals surface area contributed by atoms with Crippen LogP contribution in [0.3, 0.4) is 0 Å². The molecule has 0 aliphatic carbocycles. The number of rotatable bonds is 4. The lowest BCUT2D eigenvalue weighted by Gasteiger charge is -2.01. The van der Waals surface area contributed by atoms with Crippen molar-refractivity contribution in [1.82, 2.24) is 10.3 Å². The van der Waals surface area contributed by atoms with Crippen molar-refractivity contribution in [3.63, 3.8) is 0 Å². The summed E-state index contributed by atoms with van der Waals surface area (Å²) in [5, 5.41) is 24.1. The zero-order chi connectivity index (χ0) is 11.3. The van der Waals surface area contributed by atoms with Gasteiger partial charge in [0.15, 0.2) is 10.8 Å². The number of oxime groups is 1. The molecule has 5 N–H and O–H groups in total. The first-order chi connectivity index (χ1) is 7.19. The molecule has 0 aromatic carbocycles. The summed E-state index contributed by atoms with van der Waals surface area (Å²) in [6, 6.07) is 0. The van der Waals surface area contributed by atoms with E-state index >= 15 is 0 Å². The van der Waals surface area contributed by atoms with Gasteiger partial charge in [-0.15, -0.1) is 11.3 Å². The van der Waals surface area contributed by atoms with E-state index in [1.54, 1.807) is 0 Å². The number of carbonyl (C=O) groups excluding carboxylic acids is 1. The van der Waals surface area contributed by atoms with Crippen LogP contribution in [-0.2, 0) is 4.79 Å². The maximum Gasteiger partial charge on any atom is 0.275 e. The van der Waals surface area contributed by atoms with Crippen LogP contribution in [0.15, 0.2) is 10.5 Å². The van der Waals surface area contributed by atoms with Crippen molar-refractivity contribution in [1.29, 1.82) is 0 Å². The van der Waals surface area contributed by atoms with Crippen molar-refractivity contribution in [2.45, 2.75) is 0 Å². The van der Waals surface area contributed by atoms with Gasteiger partial charge in [-0.05, 0) is 0 Å². The van der Waals surface area contributed by atoms with E-state index in [1.165, 1.54) is 5.38 Å².